The predicted octanol–water partition coefficient (Wildman–Crippen LogP) is 1.55. The molecule has 0 spiro atoms. The first-order valence-electron chi connectivity index (χ1n) is 7.28. The number of fused-ring (bicyclic) bond motifs is 1. The van der Waals surface area contributed by atoms with Gasteiger partial charge < -0.3 is 10.1 Å². The molecule has 2 saturated heterocycles. The smallest absolute Gasteiger partial charge is 0.307 e. The van der Waals surface area contributed by atoms with E-state index in [1.165, 1.54) is 32.9 Å². The van der Waals surface area contributed by atoms with Crippen LogP contribution in [0.25, 0.3) is 0 Å². The van der Waals surface area contributed by atoms with Gasteiger partial charge in [0.2, 0.25) is 0 Å². The van der Waals surface area contributed by atoms with Crippen molar-refractivity contribution in [1.29, 1.82) is 0 Å². The lowest BCUT2D eigenvalue weighted by Gasteiger charge is -2.41. The minimum atomic E-state index is -0.0778. The standard InChI is InChI=1S/C14H26N2O2/c1-3-8-15-14(11-13(17)18-2)7-10-16-9-5-4-6-12(14)16/h12,15H,3-11H2,1-2H3. The minimum absolute atomic E-state index is 0.0382. The van der Waals surface area contributed by atoms with Gasteiger partial charge in [0.1, 0.15) is 0 Å². The Kier molecular flexibility index (Phi) is 4.62. The average Bonchev–Trinajstić information content (AvgIpc) is 2.76. The van der Waals surface area contributed by atoms with Gasteiger partial charge in [0.15, 0.2) is 0 Å². The molecule has 1 N–H and O–H groups in total. The van der Waals surface area contributed by atoms with Crippen LogP contribution in [0.2, 0.25) is 0 Å². The molecule has 0 amide bonds. The maximum atomic E-state index is 11.7. The van der Waals surface area contributed by atoms with E-state index in [1.807, 2.05) is 0 Å². The molecule has 4 nitrogen and oxygen atoms in total. The van der Waals surface area contributed by atoms with Crippen molar-refractivity contribution in [2.75, 3.05) is 26.7 Å². The fourth-order valence-corrected chi connectivity index (χ4v) is 3.57. The van der Waals surface area contributed by atoms with Crippen LogP contribution in [0, 0.1) is 0 Å². The number of hydrogen-bond acceptors (Lipinski definition) is 4. The second-order valence-corrected chi connectivity index (χ2v) is 5.63. The maximum absolute atomic E-state index is 11.7. The number of ether oxygens (including phenoxy) is 1. The van der Waals surface area contributed by atoms with Gasteiger partial charge in [0, 0.05) is 18.1 Å². The third-order valence-corrected chi connectivity index (χ3v) is 4.51. The number of methoxy groups -OCH3 is 1. The number of rotatable bonds is 5. The lowest BCUT2D eigenvalue weighted by molar-refractivity contribution is -0.142. The van der Waals surface area contributed by atoms with Gasteiger partial charge >= 0.3 is 5.97 Å². The number of esters is 1. The third kappa shape index (κ3) is 2.69. The summed E-state index contributed by atoms with van der Waals surface area (Å²) in [5.41, 5.74) is -0.0382. The number of piperidine rings is 1. The normalized spacial score (nSPS) is 32.2. The van der Waals surface area contributed by atoms with E-state index in [2.05, 4.69) is 17.1 Å². The molecular weight excluding hydrogens is 228 g/mol. The van der Waals surface area contributed by atoms with Crippen molar-refractivity contribution in [3.8, 4) is 0 Å². The van der Waals surface area contributed by atoms with Gasteiger partial charge in [0.25, 0.3) is 0 Å². The Morgan fingerprint density at radius 1 is 1.44 bits per heavy atom. The first kappa shape index (κ1) is 13.8. The van der Waals surface area contributed by atoms with Crippen molar-refractivity contribution in [1.82, 2.24) is 10.2 Å². The molecule has 0 aromatic heterocycles. The van der Waals surface area contributed by atoms with Gasteiger partial charge in [-0.05, 0) is 38.8 Å². The molecule has 0 aromatic rings. The van der Waals surface area contributed by atoms with Gasteiger partial charge in [-0.15, -0.1) is 0 Å². The van der Waals surface area contributed by atoms with Gasteiger partial charge in [0.05, 0.1) is 13.5 Å². The Labute approximate surface area is 110 Å². The van der Waals surface area contributed by atoms with Gasteiger partial charge in [-0.2, -0.15) is 0 Å². The van der Waals surface area contributed by atoms with E-state index >= 15 is 0 Å². The SMILES string of the molecule is CCCNC1(CC(=O)OC)CCN2CCCCC21. The lowest BCUT2D eigenvalue weighted by atomic mass is 9.82. The Morgan fingerprint density at radius 3 is 3.00 bits per heavy atom. The fraction of sp³-hybridized carbons (Fsp3) is 0.929. The molecule has 4 heteroatoms. The largest absolute Gasteiger partial charge is 0.469 e. The van der Waals surface area contributed by atoms with E-state index in [1.54, 1.807) is 0 Å². The van der Waals surface area contributed by atoms with Crippen LogP contribution in [-0.4, -0.2) is 49.2 Å². The zero-order valence-corrected chi connectivity index (χ0v) is 11.7. The van der Waals surface area contributed by atoms with E-state index in [0.29, 0.717) is 12.5 Å². The van der Waals surface area contributed by atoms with Crippen molar-refractivity contribution in [3.63, 3.8) is 0 Å². The molecule has 2 atom stereocenters. The summed E-state index contributed by atoms with van der Waals surface area (Å²) in [5.74, 6) is -0.0778. The molecule has 0 radical (unpaired) electrons. The number of carbonyl (C=O) groups is 1. The van der Waals surface area contributed by atoms with E-state index in [9.17, 15) is 4.79 Å². The summed E-state index contributed by atoms with van der Waals surface area (Å²) in [5, 5.41) is 3.67. The van der Waals surface area contributed by atoms with Gasteiger partial charge in [-0.3, -0.25) is 9.69 Å². The molecule has 2 rings (SSSR count). The van der Waals surface area contributed by atoms with Gasteiger partial charge in [-0.1, -0.05) is 13.3 Å². The Morgan fingerprint density at radius 2 is 2.28 bits per heavy atom. The highest BCUT2D eigenvalue weighted by Gasteiger charge is 2.48. The number of nitrogens with one attached hydrogen (secondary N) is 1. The van der Waals surface area contributed by atoms with E-state index in [-0.39, 0.29) is 11.5 Å². The molecule has 2 heterocycles. The van der Waals surface area contributed by atoms with Crippen molar-refractivity contribution in [2.24, 2.45) is 0 Å². The molecule has 0 bridgehead atoms. The monoisotopic (exact) mass is 254 g/mol. The minimum Gasteiger partial charge on any atom is -0.469 e. The predicted molar refractivity (Wildman–Crippen MR) is 71.5 cm³/mol. The summed E-state index contributed by atoms with van der Waals surface area (Å²) >= 11 is 0. The third-order valence-electron chi connectivity index (χ3n) is 4.51. The fourth-order valence-electron chi connectivity index (χ4n) is 3.57. The Bertz CT molecular complexity index is 296. The first-order valence-corrected chi connectivity index (χ1v) is 7.28. The summed E-state index contributed by atoms with van der Waals surface area (Å²) in [6, 6.07) is 0.525. The summed E-state index contributed by atoms with van der Waals surface area (Å²) in [6.45, 7) is 5.48. The molecule has 18 heavy (non-hydrogen) atoms. The maximum Gasteiger partial charge on any atom is 0.307 e. The van der Waals surface area contributed by atoms with Crippen LogP contribution in [0.15, 0.2) is 0 Å². The molecule has 2 fully saturated rings. The van der Waals surface area contributed by atoms with E-state index < -0.39 is 0 Å². The van der Waals surface area contributed by atoms with Gasteiger partial charge in [-0.25, -0.2) is 0 Å². The first-order chi connectivity index (χ1) is 8.72. The summed E-state index contributed by atoms with van der Waals surface area (Å²) in [6.07, 6.45) is 6.51. The highest BCUT2D eigenvalue weighted by atomic mass is 16.5. The van der Waals surface area contributed by atoms with E-state index in [4.69, 9.17) is 4.74 Å². The highest BCUT2D eigenvalue weighted by Crippen LogP contribution is 2.37. The Balaban J connectivity index is 2.10. The Hall–Kier alpha value is -0.610. The highest BCUT2D eigenvalue weighted by molar-refractivity contribution is 5.71. The topological polar surface area (TPSA) is 41.6 Å². The van der Waals surface area contributed by atoms with Crippen LogP contribution in [0.1, 0.15) is 45.4 Å². The summed E-state index contributed by atoms with van der Waals surface area (Å²) in [4.78, 5) is 14.3. The molecule has 0 aliphatic carbocycles. The molecule has 2 aliphatic rings. The van der Waals surface area contributed by atoms with Crippen LogP contribution in [0.4, 0.5) is 0 Å². The molecule has 2 unspecified atom stereocenters. The van der Waals surface area contributed by atoms with Crippen LogP contribution in [0.3, 0.4) is 0 Å². The number of carbonyl (C=O) groups excluding carboxylic acids is 1. The van der Waals surface area contributed by atoms with Crippen molar-refractivity contribution >= 4 is 5.97 Å². The zero-order valence-electron chi connectivity index (χ0n) is 11.7. The van der Waals surface area contributed by atoms with E-state index in [0.717, 1.165) is 25.9 Å². The molecule has 0 aromatic carbocycles. The summed E-state index contributed by atoms with van der Waals surface area (Å²) in [7, 11) is 1.49. The van der Waals surface area contributed by atoms with Crippen molar-refractivity contribution < 1.29 is 9.53 Å². The van der Waals surface area contributed by atoms with Crippen molar-refractivity contribution in [3.05, 3.63) is 0 Å². The van der Waals surface area contributed by atoms with Crippen LogP contribution in [-0.2, 0) is 9.53 Å². The molecule has 0 saturated carbocycles. The average molecular weight is 254 g/mol. The van der Waals surface area contributed by atoms with Crippen LogP contribution >= 0.6 is 0 Å². The molecule has 104 valence electrons. The second-order valence-electron chi connectivity index (χ2n) is 5.63. The van der Waals surface area contributed by atoms with Crippen LogP contribution in [0.5, 0.6) is 0 Å². The molecular formula is C14H26N2O2. The lowest BCUT2D eigenvalue weighted by Crippen LogP contribution is -2.57. The quantitative estimate of drug-likeness (QED) is 0.756. The summed E-state index contributed by atoms with van der Waals surface area (Å²) < 4.78 is 4.90. The second kappa shape index (κ2) is 6.02. The van der Waals surface area contributed by atoms with Crippen LogP contribution < -0.4 is 5.32 Å². The van der Waals surface area contributed by atoms with Crippen molar-refractivity contribution in [2.45, 2.75) is 57.0 Å². The number of nitrogens with zero attached hydrogens (tertiary/aromatic N) is 1. The zero-order chi connectivity index (χ0) is 13.0. The number of hydrogen-bond donors (Lipinski definition) is 1. The molecule has 2 aliphatic heterocycles.